The zero-order chi connectivity index (χ0) is 20.8. The number of fused-ring (bicyclic) bond motifs is 2. The van der Waals surface area contributed by atoms with Gasteiger partial charge in [0.15, 0.2) is 0 Å². The number of hydrogen-bond acceptors (Lipinski definition) is 4. The van der Waals surface area contributed by atoms with E-state index in [0.29, 0.717) is 12.8 Å². The second kappa shape index (κ2) is 9.13. The van der Waals surface area contributed by atoms with Crippen molar-refractivity contribution in [1.82, 2.24) is 0 Å². The van der Waals surface area contributed by atoms with Crippen molar-refractivity contribution in [2.75, 3.05) is 0 Å². The zero-order valence-electron chi connectivity index (χ0n) is 16.4. The van der Waals surface area contributed by atoms with E-state index in [1.165, 1.54) is 9.46 Å². The molecule has 30 heavy (non-hydrogen) atoms. The van der Waals surface area contributed by atoms with Gasteiger partial charge in [-0.1, -0.05) is 24.3 Å². The van der Waals surface area contributed by atoms with Crippen molar-refractivity contribution >= 4 is 33.7 Å². The van der Waals surface area contributed by atoms with Crippen LogP contribution in [0.2, 0.25) is 0 Å². The molecule has 2 aromatic carbocycles. The first-order valence-electron chi connectivity index (χ1n) is 9.92. The van der Waals surface area contributed by atoms with E-state index >= 15 is 0 Å². The predicted molar refractivity (Wildman–Crippen MR) is 110 cm³/mol. The third-order valence-electron chi connectivity index (χ3n) is 4.75. The highest BCUT2D eigenvalue weighted by molar-refractivity contribution is 5.76. The van der Waals surface area contributed by atoms with Crippen molar-refractivity contribution in [2.45, 2.75) is 25.7 Å². The molecule has 4 rings (SSSR count). The third-order valence-corrected chi connectivity index (χ3v) is 4.75. The minimum atomic E-state index is -0.340. The van der Waals surface area contributed by atoms with Crippen LogP contribution in [0.15, 0.2) is 85.2 Å². The van der Waals surface area contributed by atoms with Crippen molar-refractivity contribution in [2.24, 2.45) is 0 Å². The summed E-state index contributed by atoms with van der Waals surface area (Å²) < 4.78 is 2.95. The fraction of sp³-hybridized carbons (Fsp3) is 0.167. The first-order chi connectivity index (χ1) is 14.7. The van der Waals surface area contributed by atoms with Gasteiger partial charge in [-0.05, 0) is 37.1 Å². The minimum Gasteiger partial charge on any atom is -0.245 e. The van der Waals surface area contributed by atoms with Crippen molar-refractivity contribution in [3.63, 3.8) is 0 Å². The van der Waals surface area contributed by atoms with E-state index in [9.17, 15) is 9.59 Å². The van der Waals surface area contributed by atoms with Crippen LogP contribution in [-0.4, -0.2) is 11.9 Å². The molecule has 0 aliphatic rings. The number of rotatable bonds is 7. The van der Waals surface area contributed by atoms with E-state index in [2.05, 4.69) is 0 Å². The first-order valence-corrected chi connectivity index (χ1v) is 9.92. The van der Waals surface area contributed by atoms with Crippen LogP contribution in [0, 0.1) is 0 Å². The quantitative estimate of drug-likeness (QED) is 0.352. The molecule has 0 unspecified atom stereocenters. The Morgan fingerprint density at radius 2 is 1.00 bits per heavy atom. The summed E-state index contributed by atoms with van der Waals surface area (Å²) in [5.41, 5.74) is 1.65. The molecule has 0 atom stereocenters. The number of aromatic nitrogens is 2. The Bertz CT molecular complexity index is 1100. The fourth-order valence-corrected chi connectivity index (χ4v) is 3.28. The largest absolute Gasteiger partial charge is 0.380 e. The molecule has 2 heterocycles. The van der Waals surface area contributed by atoms with E-state index in [1.807, 2.05) is 72.8 Å². The molecule has 150 valence electrons. The lowest BCUT2D eigenvalue weighted by molar-refractivity contribution is -0.849. The molecule has 6 nitrogen and oxygen atoms in total. The van der Waals surface area contributed by atoms with Gasteiger partial charge in [-0.2, -0.15) is 9.68 Å². The maximum Gasteiger partial charge on any atom is 0.380 e. The van der Waals surface area contributed by atoms with E-state index in [0.717, 1.165) is 21.8 Å². The van der Waals surface area contributed by atoms with E-state index < -0.39 is 0 Å². The summed E-state index contributed by atoms with van der Waals surface area (Å²) in [5, 5.41) is 1.97. The van der Waals surface area contributed by atoms with Gasteiger partial charge in [0.05, 0.1) is 23.6 Å². The van der Waals surface area contributed by atoms with Crippen LogP contribution in [0.3, 0.4) is 0 Å². The molecule has 2 aromatic heterocycles. The molecule has 6 heteroatoms. The van der Waals surface area contributed by atoms with Crippen LogP contribution in [0.25, 0.3) is 21.8 Å². The molecule has 4 aromatic rings. The van der Waals surface area contributed by atoms with Gasteiger partial charge in [-0.3, -0.25) is 0 Å². The molecule has 0 saturated heterocycles. The van der Waals surface area contributed by atoms with Crippen LogP contribution in [0.1, 0.15) is 25.7 Å². The van der Waals surface area contributed by atoms with E-state index in [-0.39, 0.29) is 24.8 Å². The van der Waals surface area contributed by atoms with E-state index in [4.69, 9.17) is 9.68 Å². The summed E-state index contributed by atoms with van der Waals surface area (Å²) in [4.78, 5) is 35.2. The molecule has 0 aliphatic heterocycles. The molecular formula is C24H22N2O4+2. The summed E-state index contributed by atoms with van der Waals surface area (Å²) in [6, 6.07) is 22.9. The third kappa shape index (κ3) is 4.60. The molecule has 0 aliphatic carbocycles. The van der Waals surface area contributed by atoms with Crippen LogP contribution in [0.5, 0.6) is 0 Å². The molecular weight excluding hydrogens is 380 g/mol. The number of pyridine rings is 2. The number of unbranched alkanes of at least 4 members (excludes halogenated alkanes) is 1. The maximum absolute atomic E-state index is 12.2. The van der Waals surface area contributed by atoms with Crippen molar-refractivity contribution in [1.29, 1.82) is 0 Å². The Labute approximate surface area is 173 Å². The standard InChI is InChI=1S/C24H22N2O4/c27-23(29-25-17-7-11-19-9-1-3-13-21(19)25)15-5-6-16-24(28)30-26-18-8-12-20-10-2-4-14-22(20)26/h1-4,7-14,17-18H,5-6,15-16H2/q+2. The highest BCUT2D eigenvalue weighted by Crippen LogP contribution is 2.09. The monoisotopic (exact) mass is 402 g/mol. The number of benzene rings is 2. The predicted octanol–water partition coefficient (Wildman–Crippen LogP) is 2.74. The number of carbonyl (C=O) groups is 2. The van der Waals surface area contributed by atoms with Gasteiger partial charge in [0.2, 0.25) is 12.4 Å². The highest BCUT2D eigenvalue weighted by atomic mass is 16.7. The van der Waals surface area contributed by atoms with Gasteiger partial charge in [0.1, 0.15) is 0 Å². The Morgan fingerprint density at radius 1 is 0.600 bits per heavy atom. The van der Waals surface area contributed by atoms with Crippen LogP contribution < -0.4 is 19.1 Å². The maximum atomic E-state index is 12.2. The topological polar surface area (TPSA) is 60.4 Å². The Hall–Kier alpha value is -3.80. The van der Waals surface area contributed by atoms with Crippen LogP contribution in [-0.2, 0) is 9.59 Å². The SMILES string of the molecule is O=C(CCCCC(=O)O[n+]1cccc2ccccc21)O[n+]1cccc2ccccc21. The fourth-order valence-electron chi connectivity index (χ4n) is 3.28. The van der Waals surface area contributed by atoms with Crippen LogP contribution >= 0.6 is 0 Å². The summed E-state index contributed by atoms with van der Waals surface area (Å²) in [7, 11) is 0. The van der Waals surface area contributed by atoms with Crippen molar-refractivity contribution in [3.8, 4) is 0 Å². The minimum absolute atomic E-state index is 0.227. The van der Waals surface area contributed by atoms with Crippen LogP contribution in [0.4, 0.5) is 0 Å². The van der Waals surface area contributed by atoms with Crippen molar-refractivity contribution in [3.05, 3.63) is 85.2 Å². The second-order valence-electron chi connectivity index (χ2n) is 6.92. The average molecular weight is 402 g/mol. The normalized spacial score (nSPS) is 10.8. The first kappa shape index (κ1) is 19.5. The lowest BCUT2D eigenvalue weighted by Crippen LogP contribution is -2.46. The Balaban J connectivity index is 1.25. The average Bonchev–Trinajstić information content (AvgIpc) is 2.77. The summed E-state index contributed by atoms with van der Waals surface area (Å²) in [5.74, 6) is -0.679. The highest BCUT2D eigenvalue weighted by Gasteiger charge is 2.17. The van der Waals surface area contributed by atoms with Gasteiger partial charge in [-0.25, -0.2) is 9.59 Å². The van der Waals surface area contributed by atoms with Gasteiger partial charge < -0.3 is 0 Å². The van der Waals surface area contributed by atoms with Crippen molar-refractivity contribution < 1.29 is 28.7 Å². The molecule has 0 bridgehead atoms. The number of carbonyl (C=O) groups excluding carboxylic acids is 2. The van der Waals surface area contributed by atoms with Gasteiger partial charge in [0, 0.05) is 33.7 Å². The van der Waals surface area contributed by atoms with Gasteiger partial charge in [-0.15, -0.1) is 0 Å². The lowest BCUT2D eigenvalue weighted by Gasteiger charge is -2.01. The smallest absolute Gasteiger partial charge is 0.245 e. The lowest BCUT2D eigenvalue weighted by atomic mass is 10.2. The summed E-state index contributed by atoms with van der Waals surface area (Å²) >= 11 is 0. The molecule has 0 spiro atoms. The number of nitrogens with zero attached hydrogens (tertiary/aromatic N) is 2. The zero-order valence-corrected chi connectivity index (χ0v) is 16.4. The summed E-state index contributed by atoms with van der Waals surface area (Å²) in [6.07, 6.45) is 4.95. The molecule has 0 amide bonds. The van der Waals surface area contributed by atoms with E-state index in [1.54, 1.807) is 12.4 Å². The number of hydrogen-bond donors (Lipinski definition) is 0. The Morgan fingerprint density at radius 3 is 1.47 bits per heavy atom. The van der Waals surface area contributed by atoms with Gasteiger partial charge >= 0.3 is 11.9 Å². The second-order valence-corrected chi connectivity index (χ2v) is 6.92. The molecule has 0 N–H and O–H groups in total. The summed E-state index contributed by atoms with van der Waals surface area (Å²) in [6.45, 7) is 0. The Kier molecular flexibility index (Phi) is 5.94. The number of para-hydroxylation sites is 2. The van der Waals surface area contributed by atoms with Gasteiger partial charge in [0.25, 0.3) is 11.0 Å². The molecule has 0 radical (unpaired) electrons. The molecule has 0 saturated carbocycles. The molecule has 0 fully saturated rings.